The van der Waals surface area contributed by atoms with Gasteiger partial charge in [-0.05, 0) is 31.9 Å². The van der Waals surface area contributed by atoms with Gasteiger partial charge in [-0.15, -0.1) is 0 Å². The molecule has 0 spiro atoms. The van der Waals surface area contributed by atoms with Crippen LogP contribution in [0.2, 0.25) is 0 Å². The van der Waals surface area contributed by atoms with Crippen LogP contribution in [0.15, 0.2) is 18.2 Å². The van der Waals surface area contributed by atoms with E-state index in [2.05, 4.69) is 0 Å². The lowest BCUT2D eigenvalue weighted by molar-refractivity contribution is -0.136. The van der Waals surface area contributed by atoms with Gasteiger partial charge in [-0.3, -0.25) is 4.79 Å². The summed E-state index contributed by atoms with van der Waals surface area (Å²) in [5.41, 5.74) is 6.93. The molecule has 3 unspecified atom stereocenters. The maximum absolute atomic E-state index is 12.7. The molecule has 1 aromatic rings. The first-order valence-corrected chi connectivity index (χ1v) is 7.77. The molecule has 1 heterocycles. The number of carbonyl (C=O) groups is 1. The normalized spacial score (nSPS) is 20.6. The molecular formula is C17H26N2O3. The van der Waals surface area contributed by atoms with Crippen LogP contribution < -0.4 is 15.2 Å². The number of benzene rings is 1. The number of nitrogens with zero attached hydrogens (tertiary/aromatic N) is 1. The van der Waals surface area contributed by atoms with Crippen LogP contribution in [0.1, 0.15) is 38.3 Å². The van der Waals surface area contributed by atoms with Gasteiger partial charge in [0.2, 0.25) is 5.91 Å². The van der Waals surface area contributed by atoms with Gasteiger partial charge >= 0.3 is 0 Å². The fourth-order valence-electron chi connectivity index (χ4n) is 2.93. The largest absolute Gasteiger partial charge is 0.497 e. The summed E-state index contributed by atoms with van der Waals surface area (Å²) in [5.74, 6) is 1.46. The van der Waals surface area contributed by atoms with Crippen molar-refractivity contribution in [3.8, 4) is 11.5 Å². The molecule has 0 saturated carbocycles. The molecule has 3 atom stereocenters. The Kier molecular flexibility index (Phi) is 5.29. The number of hydrogen-bond donors (Lipinski definition) is 1. The van der Waals surface area contributed by atoms with Crippen LogP contribution in [0.5, 0.6) is 11.5 Å². The molecular weight excluding hydrogens is 280 g/mol. The standard InChI is InChI=1S/C17H26N2O3/c1-11(12(2)18)17(20)19-9-5-6-15(19)14-8-7-13(21-3)10-16(14)22-4/h7-8,10-12,15H,5-6,9,18H2,1-4H3. The van der Waals surface area contributed by atoms with Crippen LogP contribution >= 0.6 is 0 Å². The van der Waals surface area contributed by atoms with Crippen molar-refractivity contribution in [3.05, 3.63) is 23.8 Å². The summed E-state index contributed by atoms with van der Waals surface area (Å²) in [6.45, 7) is 4.55. The Labute approximate surface area is 132 Å². The van der Waals surface area contributed by atoms with Crippen molar-refractivity contribution < 1.29 is 14.3 Å². The SMILES string of the molecule is COc1ccc(C2CCCN2C(=O)C(C)C(C)N)c(OC)c1. The highest BCUT2D eigenvalue weighted by atomic mass is 16.5. The van der Waals surface area contributed by atoms with E-state index in [1.807, 2.05) is 36.9 Å². The summed E-state index contributed by atoms with van der Waals surface area (Å²) in [6, 6.07) is 5.67. The first-order chi connectivity index (χ1) is 10.5. The Bertz CT molecular complexity index is 531. The number of amides is 1. The van der Waals surface area contributed by atoms with Crippen LogP contribution in [0.25, 0.3) is 0 Å². The van der Waals surface area contributed by atoms with E-state index in [0.717, 1.165) is 36.4 Å². The van der Waals surface area contributed by atoms with Crippen molar-refractivity contribution in [3.63, 3.8) is 0 Å². The zero-order valence-electron chi connectivity index (χ0n) is 13.8. The van der Waals surface area contributed by atoms with Crippen molar-refractivity contribution >= 4 is 5.91 Å². The summed E-state index contributed by atoms with van der Waals surface area (Å²) < 4.78 is 10.7. The minimum atomic E-state index is -0.176. The second kappa shape index (κ2) is 7.01. The summed E-state index contributed by atoms with van der Waals surface area (Å²) in [7, 11) is 3.27. The minimum absolute atomic E-state index is 0.0505. The summed E-state index contributed by atoms with van der Waals surface area (Å²) in [6.07, 6.45) is 1.94. The average Bonchev–Trinajstić information content (AvgIpc) is 3.01. The summed E-state index contributed by atoms with van der Waals surface area (Å²) in [4.78, 5) is 14.6. The topological polar surface area (TPSA) is 64.8 Å². The van der Waals surface area contributed by atoms with E-state index in [4.69, 9.17) is 15.2 Å². The van der Waals surface area contributed by atoms with Crippen molar-refractivity contribution in [1.82, 2.24) is 4.90 Å². The molecule has 2 rings (SSSR count). The molecule has 22 heavy (non-hydrogen) atoms. The van der Waals surface area contributed by atoms with Crippen molar-refractivity contribution in [1.29, 1.82) is 0 Å². The molecule has 0 radical (unpaired) electrons. The highest BCUT2D eigenvalue weighted by Crippen LogP contribution is 2.39. The van der Waals surface area contributed by atoms with Gasteiger partial charge < -0.3 is 20.1 Å². The molecule has 1 saturated heterocycles. The predicted molar refractivity (Wildman–Crippen MR) is 86.0 cm³/mol. The van der Waals surface area contributed by atoms with Crippen molar-refractivity contribution in [2.75, 3.05) is 20.8 Å². The Hall–Kier alpha value is -1.75. The molecule has 1 aromatic carbocycles. The van der Waals surface area contributed by atoms with Gasteiger partial charge in [-0.2, -0.15) is 0 Å². The Balaban J connectivity index is 2.29. The van der Waals surface area contributed by atoms with E-state index in [9.17, 15) is 4.79 Å². The van der Waals surface area contributed by atoms with E-state index >= 15 is 0 Å². The average molecular weight is 306 g/mol. The Morgan fingerprint density at radius 1 is 1.32 bits per heavy atom. The third kappa shape index (κ3) is 3.19. The fourth-order valence-corrected chi connectivity index (χ4v) is 2.93. The molecule has 5 nitrogen and oxygen atoms in total. The number of rotatable bonds is 5. The van der Waals surface area contributed by atoms with Gasteiger partial charge in [0, 0.05) is 24.2 Å². The first kappa shape index (κ1) is 16.6. The Morgan fingerprint density at radius 3 is 2.64 bits per heavy atom. The predicted octanol–water partition coefficient (Wildman–Crippen LogP) is 2.35. The van der Waals surface area contributed by atoms with E-state index in [-0.39, 0.29) is 23.9 Å². The van der Waals surface area contributed by atoms with Gasteiger partial charge in [0.1, 0.15) is 11.5 Å². The highest BCUT2D eigenvalue weighted by molar-refractivity contribution is 5.80. The number of likely N-dealkylation sites (tertiary alicyclic amines) is 1. The van der Waals surface area contributed by atoms with Crippen LogP contribution in [-0.2, 0) is 4.79 Å². The van der Waals surface area contributed by atoms with E-state index in [1.54, 1.807) is 14.2 Å². The molecule has 1 aliphatic rings. The lowest BCUT2D eigenvalue weighted by atomic mass is 9.99. The number of hydrogen-bond acceptors (Lipinski definition) is 4. The fraction of sp³-hybridized carbons (Fsp3) is 0.588. The number of ether oxygens (including phenoxy) is 2. The Morgan fingerprint density at radius 2 is 2.05 bits per heavy atom. The van der Waals surface area contributed by atoms with Crippen molar-refractivity contribution in [2.24, 2.45) is 11.7 Å². The van der Waals surface area contributed by atoms with Gasteiger partial charge in [0.05, 0.1) is 26.2 Å². The smallest absolute Gasteiger partial charge is 0.227 e. The first-order valence-electron chi connectivity index (χ1n) is 7.77. The van der Waals surface area contributed by atoms with Crippen LogP contribution in [0.3, 0.4) is 0 Å². The van der Waals surface area contributed by atoms with Crippen LogP contribution in [0, 0.1) is 5.92 Å². The molecule has 1 fully saturated rings. The quantitative estimate of drug-likeness (QED) is 0.907. The van der Waals surface area contributed by atoms with Crippen molar-refractivity contribution in [2.45, 2.75) is 38.8 Å². The maximum Gasteiger partial charge on any atom is 0.227 e. The number of methoxy groups -OCH3 is 2. The second-order valence-corrected chi connectivity index (χ2v) is 5.95. The molecule has 1 aliphatic heterocycles. The molecule has 1 amide bonds. The van der Waals surface area contributed by atoms with Gasteiger partial charge in [-0.1, -0.05) is 6.92 Å². The van der Waals surface area contributed by atoms with Crippen LogP contribution in [0.4, 0.5) is 0 Å². The third-order valence-corrected chi connectivity index (χ3v) is 4.51. The van der Waals surface area contributed by atoms with Gasteiger partial charge in [0.25, 0.3) is 0 Å². The van der Waals surface area contributed by atoms with E-state index in [1.165, 1.54) is 0 Å². The molecule has 2 N–H and O–H groups in total. The van der Waals surface area contributed by atoms with Gasteiger partial charge in [0.15, 0.2) is 0 Å². The zero-order chi connectivity index (χ0) is 16.3. The minimum Gasteiger partial charge on any atom is -0.497 e. The maximum atomic E-state index is 12.7. The molecule has 0 bridgehead atoms. The van der Waals surface area contributed by atoms with Crippen LogP contribution in [-0.4, -0.2) is 37.6 Å². The van der Waals surface area contributed by atoms with E-state index < -0.39 is 0 Å². The third-order valence-electron chi connectivity index (χ3n) is 4.51. The zero-order valence-corrected chi connectivity index (χ0v) is 13.8. The second-order valence-electron chi connectivity index (χ2n) is 5.95. The number of carbonyl (C=O) groups excluding carboxylic acids is 1. The lowest BCUT2D eigenvalue weighted by Crippen LogP contribution is -2.41. The molecule has 0 aromatic heterocycles. The molecule has 5 heteroatoms. The number of nitrogens with two attached hydrogens (primary N) is 1. The summed E-state index contributed by atoms with van der Waals surface area (Å²) in [5, 5.41) is 0. The molecule has 0 aliphatic carbocycles. The summed E-state index contributed by atoms with van der Waals surface area (Å²) >= 11 is 0. The monoisotopic (exact) mass is 306 g/mol. The highest BCUT2D eigenvalue weighted by Gasteiger charge is 2.34. The molecule has 122 valence electrons. The van der Waals surface area contributed by atoms with Gasteiger partial charge in [-0.25, -0.2) is 0 Å². The van der Waals surface area contributed by atoms with E-state index in [0.29, 0.717) is 0 Å². The lowest BCUT2D eigenvalue weighted by Gasteiger charge is -2.30.